The molecule has 0 radical (unpaired) electrons. The maximum Gasteiger partial charge on any atom is 0.416 e. The van der Waals surface area contributed by atoms with Crippen LogP contribution >= 0.6 is 0 Å². The van der Waals surface area contributed by atoms with Gasteiger partial charge >= 0.3 is 6.18 Å². The molecule has 198 valence electrons. The summed E-state index contributed by atoms with van der Waals surface area (Å²) in [5.41, 5.74) is 0.420. The van der Waals surface area contributed by atoms with Crippen molar-refractivity contribution in [1.82, 2.24) is 9.36 Å². The van der Waals surface area contributed by atoms with E-state index < -0.39 is 17.6 Å². The average molecular weight is 509 g/mol. The largest absolute Gasteiger partial charge is 0.416 e. The smallest absolute Gasteiger partial charge is 0.382 e. The number of rotatable bonds is 6. The topological polar surface area (TPSA) is 69.8 Å². The van der Waals surface area contributed by atoms with Gasteiger partial charge in [-0.2, -0.15) is 18.2 Å². The SMILES string of the molecule is Cn1c(C(C)(C)C)c/c(=N\C(=O)c2cc(C(F)(F)F)ccc2NC[C@@H]2CCCO2)n1C[C@H]1CCCO1. The summed E-state index contributed by atoms with van der Waals surface area (Å²) in [5, 5.41) is 3.11. The molecule has 0 spiro atoms. The van der Waals surface area contributed by atoms with Crippen LogP contribution in [0.2, 0.25) is 0 Å². The molecule has 4 rings (SSSR count). The fourth-order valence-corrected chi connectivity index (χ4v) is 4.81. The first kappa shape index (κ1) is 26.5. The fourth-order valence-electron chi connectivity index (χ4n) is 4.81. The molecule has 1 aromatic carbocycles. The average Bonchev–Trinajstić information content (AvgIpc) is 3.55. The lowest BCUT2D eigenvalue weighted by atomic mass is 9.92. The Kier molecular flexibility index (Phi) is 7.66. The van der Waals surface area contributed by atoms with Crippen molar-refractivity contribution >= 4 is 11.6 Å². The number of anilines is 1. The van der Waals surface area contributed by atoms with Gasteiger partial charge in [0, 0.05) is 49.7 Å². The van der Waals surface area contributed by atoms with Gasteiger partial charge in [0.15, 0.2) is 5.49 Å². The number of halogens is 3. The molecule has 1 aromatic heterocycles. The van der Waals surface area contributed by atoms with Crippen LogP contribution in [0.15, 0.2) is 29.3 Å². The first-order chi connectivity index (χ1) is 16.9. The molecule has 0 bridgehead atoms. The maximum atomic E-state index is 13.5. The van der Waals surface area contributed by atoms with Crippen LogP contribution in [0.4, 0.5) is 18.9 Å². The standard InChI is InChI=1S/C26H35F3N4O3/c1-25(2,3)22-14-23(33(32(22)4)16-19-8-6-12-36-19)31-24(34)20-13-17(26(27,28)29)9-10-21(20)30-15-18-7-5-11-35-18/h9-10,13-14,18-19,30H,5-8,11-12,15-16H2,1-4H3/b31-23+/t18-,19+/m0/s1. The van der Waals surface area contributed by atoms with Gasteiger partial charge in [0.25, 0.3) is 5.91 Å². The number of hydrogen-bond acceptors (Lipinski definition) is 4. The molecule has 0 saturated carbocycles. The summed E-state index contributed by atoms with van der Waals surface area (Å²) in [4.78, 5) is 17.7. The molecule has 36 heavy (non-hydrogen) atoms. The molecule has 2 atom stereocenters. The van der Waals surface area contributed by atoms with E-state index in [-0.39, 0.29) is 23.2 Å². The molecule has 2 aliphatic rings. The zero-order valence-corrected chi connectivity index (χ0v) is 21.3. The molecule has 0 unspecified atom stereocenters. The van der Waals surface area contributed by atoms with E-state index >= 15 is 0 Å². The van der Waals surface area contributed by atoms with Crippen molar-refractivity contribution in [2.45, 2.75) is 76.8 Å². The molecule has 2 aliphatic heterocycles. The summed E-state index contributed by atoms with van der Waals surface area (Å²) < 4.78 is 55.7. The predicted octanol–water partition coefficient (Wildman–Crippen LogP) is 4.65. The second-order valence-electron chi connectivity index (χ2n) is 10.6. The first-order valence-electron chi connectivity index (χ1n) is 12.5. The summed E-state index contributed by atoms with van der Waals surface area (Å²) >= 11 is 0. The van der Waals surface area contributed by atoms with Crippen molar-refractivity contribution in [1.29, 1.82) is 0 Å². The Bertz CT molecular complexity index is 1150. The van der Waals surface area contributed by atoms with E-state index in [2.05, 4.69) is 31.1 Å². The van der Waals surface area contributed by atoms with Gasteiger partial charge in [-0.15, -0.1) is 0 Å². The lowest BCUT2D eigenvalue weighted by Crippen LogP contribution is -2.30. The summed E-state index contributed by atoms with van der Waals surface area (Å²) in [6.07, 6.45) is -0.937. The van der Waals surface area contributed by atoms with E-state index in [0.29, 0.717) is 37.5 Å². The second kappa shape index (κ2) is 10.4. The predicted molar refractivity (Wildman–Crippen MR) is 130 cm³/mol. The number of ether oxygens (including phenoxy) is 2. The Morgan fingerprint density at radius 1 is 1.08 bits per heavy atom. The van der Waals surface area contributed by atoms with Crippen molar-refractivity contribution in [3.63, 3.8) is 0 Å². The number of benzene rings is 1. The third kappa shape index (κ3) is 6.03. The number of nitrogens with zero attached hydrogens (tertiary/aromatic N) is 3. The molecule has 3 heterocycles. The van der Waals surface area contributed by atoms with Crippen LogP contribution in [0.1, 0.15) is 68.1 Å². The fraction of sp³-hybridized carbons (Fsp3) is 0.615. The van der Waals surface area contributed by atoms with E-state index in [0.717, 1.165) is 43.5 Å². The molecule has 0 aliphatic carbocycles. The number of carbonyl (C=O) groups is 1. The third-order valence-electron chi connectivity index (χ3n) is 6.75. The number of aromatic nitrogens is 2. The Labute approximate surface area is 209 Å². The normalized spacial score (nSPS) is 21.4. The molecule has 10 heteroatoms. The van der Waals surface area contributed by atoms with Crippen LogP contribution in [0.25, 0.3) is 0 Å². The van der Waals surface area contributed by atoms with Gasteiger partial charge in [-0.1, -0.05) is 20.8 Å². The zero-order valence-electron chi connectivity index (χ0n) is 21.3. The van der Waals surface area contributed by atoms with Crippen LogP contribution < -0.4 is 10.8 Å². The molecule has 1 N–H and O–H groups in total. The Morgan fingerprint density at radius 2 is 1.75 bits per heavy atom. The van der Waals surface area contributed by atoms with Crippen molar-refractivity contribution in [3.05, 3.63) is 46.6 Å². The number of alkyl halides is 3. The monoisotopic (exact) mass is 508 g/mol. The highest BCUT2D eigenvalue weighted by Gasteiger charge is 2.32. The lowest BCUT2D eigenvalue weighted by molar-refractivity contribution is -0.137. The van der Waals surface area contributed by atoms with Crippen molar-refractivity contribution in [3.8, 4) is 0 Å². The van der Waals surface area contributed by atoms with Gasteiger partial charge in [0.05, 0.1) is 29.9 Å². The van der Waals surface area contributed by atoms with Gasteiger partial charge in [0.2, 0.25) is 0 Å². The molecule has 7 nitrogen and oxygen atoms in total. The molecule has 2 saturated heterocycles. The van der Waals surface area contributed by atoms with E-state index in [4.69, 9.17) is 9.47 Å². The van der Waals surface area contributed by atoms with Gasteiger partial charge < -0.3 is 14.8 Å². The van der Waals surface area contributed by atoms with Crippen LogP contribution in [0.3, 0.4) is 0 Å². The van der Waals surface area contributed by atoms with Crippen LogP contribution in [0, 0.1) is 0 Å². The maximum absolute atomic E-state index is 13.5. The lowest BCUT2D eigenvalue weighted by Gasteiger charge is -2.21. The Balaban J connectivity index is 1.74. The number of hydrogen-bond donors (Lipinski definition) is 1. The molecular formula is C26H35F3N4O3. The molecule has 2 fully saturated rings. The Hall–Kier alpha value is -2.59. The molecule has 2 aromatic rings. The minimum atomic E-state index is -4.58. The number of carbonyl (C=O) groups excluding carboxylic acids is 1. The summed E-state index contributed by atoms with van der Waals surface area (Å²) in [5.74, 6) is -0.733. The van der Waals surface area contributed by atoms with Crippen molar-refractivity contribution < 1.29 is 27.4 Å². The van der Waals surface area contributed by atoms with Crippen molar-refractivity contribution in [2.24, 2.45) is 12.0 Å². The van der Waals surface area contributed by atoms with Gasteiger partial charge in [-0.25, -0.2) is 0 Å². The van der Waals surface area contributed by atoms with E-state index in [9.17, 15) is 18.0 Å². The highest BCUT2D eigenvalue weighted by Crippen LogP contribution is 2.32. The summed E-state index contributed by atoms with van der Waals surface area (Å²) in [6, 6.07) is 4.99. The summed E-state index contributed by atoms with van der Waals surface area (Å²) in [6.45, 7) is 8.45. The van der Waals surface area contributed by atoms with Gasteiger partial charge in [0.1, 0.15) is 0 Å². The van der Waals surface area contributed by atoms with Crippen molar-refractivity contribution in [2.75, 3.05) is 25.1 Å². The zero-order chi connectivity index (χ0) is 26.1. The minimum Gasteiger partial charge on any atom is -0.382 e. The number of nitrogens with one attached hydrogen (secondary N) is 1. The Morgan fingerprint density at radius 3 is 2.33 bits per heavy atom. The van der Waals surface area contributed by atoms with Gasteiger partial charge in [-0.3, -0.25) is 14.2 Å². The van der Waals surface area contributed by atoms with E-state index in [1.165, 1.54) is 6.07 Å². The first-order valence-corrected chi connectivity index (χ1v) is 12.5. The van der Waals surface area contributed by atoms with E-state index in [1.807, 2.05) is 22.5 Å². The molecule has 1 amide bonds. The summed E-state index contributed by atoms with van der Waals surface area (Å²) in [7, 11) is 1.90. The number of amides is 1. The van der Waals surface area contributed by atoms with Crippen LogP contribution in [0.5, 0.6) is 0 Å². The van der Waals surface area contributed by atoms with Crippen LogP contribution in [-0.4, -0.2) is 47.2 Å². The van der Waals surface area contributed by atoms with Crippen LogP contribution in [-0.2, 0) is 34.7 Å². The highest BCUT2D eigenvalue weighted by molar-refractivity contribution is 6.00. The minimum absolute atomic E-state index is 0.00216. The second-order valence-corrected chi connectivity index (χ2v) is 10.6. The van der Waals surface area contributed by atoms with Gasteiger partial charge in [-0.05, 0) is 43.9 Å². The molecular weight excluding hydrogens is 473 g/mol. The third-order valence-corrected chi connectivity index (χ3v) is 6.75. The highest BCUT2D eigenvalue weighted by atomic mass is 19.4. The quantitative estimate of drug-likeness (QED) is 0.617. The van der Waals surface area contributed by atoms with E-state index in [1.54, 1.807) is 0 Å².